The molecule has 0 amide bonds. The summed E-state index contributed by atoms with van der Waals surface area (Å²) in [5.74, 6) is -0.861. The van der Waals surface area contributed by atoms with Crippen molar-refractivity contribution in [3.8, 4) is 0 Å². The molecule has 3 rings (SSSR count). The highest BCUT2D eigenvalue weighted by Gasteiger charge is 2.18. The Labute approximate surface area is 132 Å². The number of aromatic nitrogens is 1. The number of hydrogen-bond acceptors (Lipinski definition) is 3. The van der Waals surface area contributed by atoms with E-state index in [9.17, 15) is 9.18 Å². The third kappa shape index (κ3) is 3.13. The molecule has 0 aliphatic carbocycles. The second kappa shape index (κ2) is 6.44. The first-order valence-corrected chi connectivity index (χ1v) is 7.26. The number of carbonyl (C=O) groups excluding carboxylic acids is 1. The minimum absolute atomic E-state index is 0.262. The monoisotopic (exact) mass is 310 g/mol. The van der Waals surface area contributed by atoms with Gasteiger partial charge in [0, 0.05) is 22.7 Å². The van der Waals surface area contributed by atoms with Crippen molar-refractivity contribution >= 4 is 28.8 Å². The maximum atomic E-state index is 13.6. The fraction of sp³-hybridized carbons (Fsp3) is 0.111. The van der Waals surface area contributed by atoms with Crippen molar-refractivity contribution in [1.82, 2.24) is 4.98 Å². The van der Waals surface area contributed by atoms with Crippen LogP contribution in [-0.4, -0.2) is 23.8 Å². The van der Waals surface area contributed by atoms with E-state index in [0.717, 1.165) is 5.69 Å². The number of para-hydroxylation sites is 1. The van der Waals surface area contributed by atoms with Gasteiger partial charge in [-0.2, -0.15) is 0 Å². The number of rotatable bonds is 4. The van der Waals surface area contributed by atoms with Gasteiger partial charge in [0.05, 0.1) is 12.3 Å². The zero-order valence-corrected chi connectivity index (χ0v) is 12.5. The molecule has 2 aromatic carbocycles. The molecule has 1 N–H and O–H groups in total. The lowest BCUT2D eigenvalue weighted by molar-refractivity contribution is 0.0520. The van der Waals surface area contributed by atoms with E-state index in [0.29, 0.717) is 16.5 Å². The molecule has 0 radical (unpaired) electrons. The van der Waals surface area contributed by atoms with E-state index in [2.05, 4.69) is 9.98 Å². The summed E-state index contributed by atoms with van der Waals surface area (Å²) in [4.78, 5) is 19.5. The molecule has 23 heavy (non-hydrogen) atoms. The molecule has 0 spiro atoms. The Morgan fingerprint density at radius 3 is 2.78 bits per heavy atom. The van der Waals surface area contributed by atoms with Crippen LogP contribution in [0.1, 0.15) is 23.0 Å². The summed E-state index contributed by atoms with van der Waals surface area (Å²) in [6, 6.07) is 13.6. The lowest BCUT2D eigenvalue weighted by atomic mass is 10.1. The first-order valence-electron chi connectivity index (χ1n) is 7.26. The summed E-state index contributed by atoms with van der Waals surface area (Å²) in [6.07, 6.45) is 1.56. The van der Waals surface area contributed by atoms with Crippen molar-refractivity contribution in [2.45, 2.75) is 6.92 Å². The van der Waals surface area contributed by atoms with E-state index in [1.54, 1.807) is 19.2 Å². The summed E-state index contributed by atoms with van der Waals surface area (Å²) in [5.41, 5.74) is 2.19. The molecular weight excluding hydrogens is 295 g/mol. The van der Waals surface area contributed by atoms with Crippen LogP contribution in [0.2, 0.25) is 0 Å². The molecule has 4 nitrogen and oxygen atoms in total. The molecule has 5 heteroatoms. The highest BCUT2D eigenvalue weighted by molar-refractivity contribution is 6.09. The number of fused-ring (bicyclic) bond motifs is 1. The quantitative estimate of drug-likeness (QED) is 0.579. The number of ether oxygens (including phenoxy) is 1. The molecule has 0 aliphatic rings. The van der Waals surface area contributed by atoms with E-state index in [1.807, 2.05) is 30.3 Å². The molecular formula is C18H15FN2O2. The summed E-state index contributed by atoms with van der Waals surface area (Å²) in [5, 5.41) is 0.590. The van der Waals surface area contributed by atoms with Gasteiger partial charge >= 0.3 is 5.97 Å². The number of nitrogens with one attached hydrogen (secondary N) is 1. The second-order valence-corrected chi connectivity index (χ2v) is 4.92. The molecule has 0 saturated carbocycles. The smallest absolute Gasteiger partial charge is 0.355 e. The minimum atomic E-state index is -0.487. The Morgan fingerprint density at radius 2 is 2.04 bits per heavy atom. The van der Waals surface area contributed by atoms with Gasteiger partial charge in [-0.05, 0) is 37.3 Å². The lowest BCUT2D eigenvalue weighted by Gasteiger charge is -2.00. The zero-order chi connectivity index (χ0) is 16.2. The highest BCUT2D eigenvalue weighted by atomic mass is 19.1. The molecule has 0 bridgehead atoms. The maximum absolute atomic E-state index is 13.6. The predicted octanol–water partition coefficient (Wildman–Crippen LogP) is 4.23. The number of aliphatic imine (C=N–C) groups is 1. The van der Waals surface area contributed by atoms with Crippen LogP contribution in [0.15, 0.2) is 53.5 Å². The third-order valence-corrected chi connectivity index (χ3v) is 3.38. The summed E-state index contributed by atoms with van der Waals surface area (Å²) in [6.45, 7) is 2.00. The van der Waals surface area contributed by atoms with Gasteiger partial charge in [0.1, 0.15) is 11.5 Å². The van der Waals surface area contributed by atoms with Crippen LogP contribution in [-0.2, 0) is 4.74 Å². The molecule has 0 fully saturated rings. The van der Waals surface area contributed by atoms with E-state index in [1.165, 1.54) is 12.1 Å². The van der Waals surface area contributed by atoms with E-state index >= 15 is 0 Å². The van der Waals surface area contributed by atoms with Gasteiger partial charge in [0.2, 0.25) is 0 Å². The summed E-state index contributed by atoms with van der Waals surface area (Å²) >= 11 is 0. The van der Waals surface area contributed by atoms with Gasteiger partial charge in [0.15, 0.2) is 0 Å². The van der Waals surface area contributed by atoms with Crippen LogP contribution in [0.3, 0.4) is 0 Å². The average Bonchev–Trinajstić information content (AvgIpc) is 2.92. The summed E-state index contributed by atoms with van der Waals surface area (Å²) < 4.78 is 18.6. The van der Waals surface area contributed by atoms with Crippen LogP contribution in [0.5, 0.6) is 0 Å². The Kier molecular flexibility index (Phi) is 4.19. The number of nitrogens with zero attached hydrogens (tertiary/aromatic N) is 1. The fourth-order valence-corrected chi connectivity index (χ4v) is 2.34. The van der Waals surface area contributed by atoms with Crippen LogP contribution in [0.25, 0.3) is 10.9 Å². The van der Waals surface area contributed by atoms with Crippen molar-refractivity contribution in [3.63, 3.8) is 0 Å². The Balaban J connectivity index is 2.11. The van der Waals surface area contributed by atoms with Gasteiger partial charge in [0.25, 0.3) is 0 Å². The number of H-pyrrole nitrogens is 1. The number of esters is 1. The number of hydrogen-bond donors (Lipinski definition) is 1. The average molecular weight is 310 g/mol. The van der Waals surface area contributed by atoms with E-state index in [-0.39, 0.29) is 18.1 Å². The van der Waals surface area contributed by atoms with E-state index in [4.69, 9.17) is 4.74 Å². The van der Waals surface area contributed by atoms with Crippen LogP contribution >= 0.6 is 0 Å². The number of aromatic amines is 1. The van der Waals surface area contributed by atoms with Crippen molar-refractivity contribution in [2.24, 2.45) is 4.99 Å². The standard InChI is InChI=1S/C18H15FN2O2/c1-2-23-18(22)17-15(11-20-13-6-4-3-5-7-13)14-10-12(19)8-9-16(14)21-17/h3-11,21H,2H2,1H3. The summed E-state index contributed by atoms with van der Waals surface area (Å²) in [7, 11) is 0. The minimum Gasteiger partial charge on any atom is -0.461 e. The molecule has 0 aliphatic heterocycles. The molecule has 116 valence electrons. The Bertz CT molecular complexity index is 869. The maximum Gasteiger partial charge on any atom is 0.355 e. The van der Waals surface area contributed by atoms with Crippen molar-refractivity contribution < 1.29 is 13.9 Å². The normalized spacial score (nSPS) is 11.2. The van der Waals surface area contributed by atoms with Gasteiger partial charge in [-0.1, -0.05) is 18.2 Å². The van der Waals surface area contributed by atoms with Gasteiger partial charge < -0.3 is 9.72 Å². The third-order valence-electron chi connectivity index (χ3n) is 3.38. The van der Waals surface area contributed by atoms with Crippen LogP contribution < -0.4 is 0 Å². The first kappa shape index (κ1) is 15.0. The fourth-order valence-electron chi connectivity index (χ4n) is 2.34. The predicted molar refractivity (Wildman–Crippen MR) is 87.9 cm³/mol. The van der Waals surface area contributed by atoms with Gasteiger partial charge in [-0.25, -0.2) is 9.18 Å². The van der Waals surface area contributed by atoms with E-state index < -0.39 is 5.97 Å². The zero-order valence-electron chi connectivity index (χ0n) is 12.5. The topological polar surface area (TPSA) is 54.5 Å². The van der Waals surface area contributed by atoms with Crippen LogP contribution in [0, 0.1) is 5.82 Å². The van der Waals surface area contributed by atoms with Crippen molar-refractivity contribution in [2.75, 3.05) is 6.61 Å². The Hall–Kier alpha value is -2.95. The highest BCUT2D eigenvalue weighted by Crippen LogP contribution is 2.24. The largest absolute Gasteiger partial charge is 0.461 e. The number of carbonyl (C=O) groups is 1. The first-order chi connectivity index (χ1) is 11.2. The van der Waals surface area contributed by atoms with Gasteiger partial charge in [-0.3, -0.25) is 4.99 Å². The van der Waals surface area contributed by atoms with Crippen molar-refractivity contribution in [1.29, 1.82) is 0 Å². The second-order valence-electron chi connectivity index (χ2n) is 4.92. The van der Waals surface area contributed by atoms with Gasteiger partial charge in [-0.15, -0.1) is 0 Å². The number of benzene rings is 2. The number of halogens is 1. The SMILES string of the molecule is CCOC(=O)c1[nH]c2ccc(F)cc2c1C=Nc1ccccc1. The molecule has 1 aromatic heterocycles. The molecule has 3 aromatic rings. The molecule has 0 atom stereocenters. The van der Waals surface area contributed by atoms with Crippen LogP contribution in [0.4, 0.5) is 10.1 Å². The molecule has 0 unspecified atom stereocenters. The van der Waals surface area contributed by atoms with Crippen molar-refractivity contribution in [3.05, 3.63) is 65.6 Å². The molecule has 0 saturated heterocycles. The Morgan fingerprint density at radius 1 is 1.26 bits per heavy atom. The lowest BCUT2D eigenvalue weighted by Crippen LogP contribution is -2.07. The molecule has 1 heterocycles.